The first kappa shape index (κ1) is 27.1. The van der Waals surface area contributed by atoms with Gasteiger partial charge in [-0.15, -0.1) is 0 Å². The highest BCUT2D eigenvalue weighted by molar-refractivity contribution is 5.85. The van der Waals surface area contributed by atoms with Gasteiger partial charge in [0.2, 0.25) is 11.8 Å². The summed E-state index contributed by atoms with van der Waals surface area (Å²) in [6, 6.07) is 12.8. The third kappa shape index (κ3) is 7.03. The van der Waals surface area contributed by atoms with Gasteiger partial charge in [0.1, 0.15) is 17.9 Å². The molecule has 1 heterocycles. The van der Waals surface area contributed by atoms with Gasteiger partial charge in [0.05, 0.1) is 23.8 Å². The van der Waals surface area contributed by atoms with Gasteiger partial charge in [-0.1, -0.05) is 51.0 Å². The van der Waals surface area contributed by atoms with E-state index in [4.69, 9.17) is 4.42 Å². The summed E-state index contributed by atoms with van der Waals surface area (Å²) < 4.78 is 19.1. The quantitative estimate of drug-likeness (QED) is 0.304. The molecule has 7 heteroatoms. The van der Waals surface area contributed by atoms with Crippen LogP contribution in [0.2, 0.25) is 0 Å². The molecule has 0 aliphatic heterocycles. The van der Waals surface area contributed by atoms with E-state index in [1.165, 1.54) is 23.3 Å². The van der Waals surface area contributed by atoms with Gasteiger partial charge in [-0.3, -0.25) is 14.4 Å². The molecule has 1 atom stereocenters. The molecular weight excluding hydrogens is 459 g/mol. The molecule has 3 aromatic rings. The van der Waals surface area contributed by atoms with Gasteiger partial charge in [-0.2, -0.15) is 0 Å². The Hall–Kier alpha value is -3.48. The molecule has 2 amide bonds. The van der Waals surface area contributed by atoms with Gasteiger partial charge in [0.15, 0.2) is 5.43 Å². The Morgan fingerprint density at radius 3 is 2.39 bits per heavy atom. The number of fused-ring (bicyclic) bond motifs is 1. The van der Waals surface area contributed by atoms with Crippen molar-refractivity contribution in [1.82, 2.24) is 9.80 Å². The minimum Gasteiger partial charge on any atom is -0.464 e. The molecule has 0 fully saturated rings. The van der Waals surface area contributed by atoms with Crippen molar-refractivity contribution in [2.24, 2.45) is 0 Å². The summed E-state index contributed by atoms with van der Waals surface area (Å²) in [6.07, 6.45) is 5.26. The molecule has 0 aliphatic rings. The fraction of sp³-hybridized carbons (Fsp3) is 0.414. The molecular formula is C29H35FN2O4. The first-order chi connectivity index (χ1) is 17.3. The molecule has 0 saturated carbocycles. The van der Waals surface area contributed by atoms with E-state index in [0.29, 0.717) is 23.0 Å². The lowest BCUT2D eigenvalue weighted by Crippen LogP contribution is -2.46. The number of carbonyl (C=O) groups is 2. The summed E-state index contributed by atoms with van der Waals surface area (Å²) in [7, 11) is 0. The minimum absolute atomic E-state index is 0.0156. The highest BCUT2D eigenvalue weighted by Crippen LogP contribution is 2.16. The largest absolute Gasteiger partial charge is 0.464 e. The van der Waals surface area contributed by atoms with Crippen LogP contribution in [0.4, 0.5) is 4.39 Å². The molecule has 36 heavy (non-hydrogen) atoms. The smallest absolute Gasteiger partial charge is 0.242 e. The monoisotopic (exact) mass is 494 g/mol. The van der Waals surface area contributed by atoms with Crippen LogP contribution in [-0.2, 0) is 22.7 Å². The summed E-state index contributed by atoms with van der Waals surface area (Å²) in [5.41, 5.74) is 1.33. The predicted molar refractivity (Wildman–Crippen MR) is 139 cm³/mol. The second kappa shape index (κ2) is 13.0. The molecule has 3 rings (SSSR count). The zero-order valence-electron chi connectivity index (χ0n) is 21.3. The average Bonchev–Trinajstić information content (AvgIpc) is 2.89. The Labute approximate surface area is 211 Å². The van der Waals surface area contributed by atoms with Gasteiger partial charge in [0.25, 0.3) is 0 Å². The van der Waals surface area contributed by atoms with E-state index >= 15 is 0 Å². The van der Waals surface area contributed by atoms with Gasteiger partial charge in [0, 0.05) is 19.0 Å². The normalized spacial score (nSPS) is 11.9. The second-order valence-electron chi connectivity index (χ2n) is 9.20. The highest BCUT2D eigenvalue weighted by Gasteiger charge is 2.25. The molecule has 192 valence electrons. The van der Waals surface area contributed by atoms with E-state index in [2.05, 4.69) is 6.92 Å². The van der Waals surface area contributed by atoms with Crippen molar-refractivity contribution >= 4 is 22.8 Å². The van der Waals surface area contributed by atoms with Crippen molar-refractivity contribution in [3.8, 4) is 0 Å². The summed E-state index contributed by atoms with van der Waals surface area (Å²) in [5, 5.41) is 0.441. The fourth-order valence-corrected chi connectivity index (χ4v) is 4.10. The predicted octanol–water partition coefficient (Wildman–Crippen LogP) is 5.67. The van der Waals surface area contributed by atoms with E-state index < -0.39 is 0 Å². The number of halogens is 1. The molecule has 0 saturated heterocycles. The molecule has 0 bridgehead atoms. The lowest BCUT2D eigenvalue weighted by atomic mass is 10.1. The number of benzene rings is 2. The topological polar surface area (TPSA) is 70.8 Å². The van der Waals surface area contributed by atoms with Crippen LogP contribution in [0.25, 0.3) is 11.0 Å². The van der Waals surface area contributed by atoms with Crippen LogP contribution in [0, 0.1) is 5.82 Å². The Balaban J connectivity index is 1.88. The summed E-state index contributed by atoms with van der Waals surface area (Å²) >= 11 is 0. The first-order valence-corrected chi connectivity index (χ1v) is 12.6. The Morgan fingerprint density at radius 2 is 1.69 bits per heavy atom. The molecule has 1 aromatic heterocycles. The summed E-state index contributed by atoms with van der Waals surface area (Å²) in [4.78, 5) is 42.8. The number of hydrogen-bond acceptors (Lipinski definition) is 4. The van der Waals surface area contributed by atoms with Crippen molar-refractivity contribution in [3.05, 3.63) is 82.0 Å². The van der Waals surface area contributed by atoms with Crippen LogP contribution in [0.15, 0.2) is 64.0 Å². The molecule has 0 N–H and O–H groups in total. The molecule has 1 unspecified atom stereocenters. The number of carbonyl (C=O) groups excluding carboxylic acids is 2. The van der Waals surface area contributed by atoms with Crippen LogP contribution >= 0.6 is 0 Å². The average molecular weight is 495 g/mol. The second-order valence-corrected chi connectivity index (χ2v) is 9.20. The van der Waals surface area contributed by atoms with Crippen molar-refractivity contribution in [3.63, 3.8) is 0 Å². The molecule has 6 nitrogen and oxygen atoms in total. The SMILES string of the molecule is CCCCCC(=O)N(CC(=O)N(Cc1ccc(F)cc1)Cc1coc2ccccc2c1=O)C(C)CC. The molecule has 0 spiro atoms. The van der Waals surface area contributed by atoms with Crippen LogP contribution in [0.5, 0.6) is 0 Å². The first-order valence-electron chi connectivity index (χ1n) is 12.6. The van der Waals surface area contributed by atoms with Crippen molar-refractivity contribution in [2.45, 2.75) is 72.0 Å². The highest BCUT2D eigenvalue weighted by atomic mass is 19.1. The zero-order valence-corrected chi connectivity index (χ0v) is 21.3. The zero-order chi connectivity index (χ0) is 26.1. The van der Waals surface area contributed by atoms with Crippen molar-refractivity contribution < 1.29 is 18.4 Å². The maximum atomic E-state index is 13.6. The number of unbranched alkanes of at least 4 members (excludes halogenated alkanes) is 2. The Kier molecular flexibility index (Phi) is 9.79. The van der Waals surface area contributed by atoms with E-state index in [1.807, 2.05) is 13.8 Å². The van der Waals surface area contributed by atoms with Gasteiger partial charge < -0.3 is 14.2 Å². The summed E-state index contributed by atoms with van der Waals surface area (Å²) in [6.45, 7) is 6.11. The lowest BCUT2D eigenvalue weighted by molar-refractivity contribution is -0.143. The van der Waals surface area contributed by atoms with E-state index in [9.17, 15) is 18.8 Å². The van der Waals surface area contributed by atoms with Gasteiger partial charge in [-0.25, -0.2) is 4.39 Å². The number of amides is 2. The fourth-order valence-electron chi connectivity index (χ4n) is 4.10. The van der Waals surface area contributed by atoms with Gasteiger partial charge >= 0.3 is 0 Å². The molecule has 0 aliphatic carbocycles. The van der Waals surface area contributed by atoms with Crippen LogP contribution in [0.3, 0.4) is 0 Å². The third-order valence-corrected chi connectivity index (χ3v) is 6.50. The number of rotatable bonds is 12. The van der Waals surface area contributed by atoms with Crippen LogP contribution < -0.4 is 5.43 Å². The van der Waals surface area contributed by atoms with E-state index in [-0.39, 0.29) is 48.7 Å². The maximum Gasteiger partial charge on any atom is 0.242 e. The lowest BCUT2D eigenvalue weighted by Gasteiger charge is -2.31. The standard InChI is InChI=1S/C29H35FN2O4/c1-4-6-7-12-27(33)32(21(3)5-2)19-28(34)31(17-22-13-15-24(30)16-14-22)18-23-20-36-26-11-9-8-10-25(26)29(23)35/h8-11,13-16,20-21H,4-7,12,17-19H2,1-3H3. The van der Waals surface area contributed by atoms with E-state index in [1.54, 1.807) is 41.3 Å². The third-order valence-electron chi connectivity index (χ3n) is 6.50. The van der Waals surface area contributed by atoms with E-state index in [0.717, 1.165) is 31.2 Å². The van der Waals surface area contributed by atoms with Crippen LogP contribution in [-0.4, -0.2) is 34.2 Å². The minimum atomic E-state index is -0.368. The van der Waals surface area contributed by atoms with Crippen molar-refractivity contribution in [1.29, 1.82) is 0 Å². The molecule has 2 aromatic carbocycles. The Morgan fingerprint density at radius 1 is 0.972 bits per heavy atom. The van der Waals surface area contributed by atoms with Crippen molar-refractivity contribution in [2.75, 3.05) is 6.54 Å². The number of hydrogen-bond donors (Lipinski definition) is 0. The van der Waals surface area contributed by atoms with Crippen LogP contribution in [0.1, 0.15) is 64.0 Å². The molecule has 0 radical (unpaired) electrons. The summed E-state index contributed by atoms with van der Waals surface area (Å²) in [5.74, 6) is -0.693. The number of nitrogens with zero attached hydrogens (tertiary/aromatic N) is 2. The Bertz CT molecular complexity index is 1220. The van der Waals surface area contributed by atoms with Gasteiger partial charge in [-0.05, 0) is 49.6 Å². The number of para-hydroxylation sites is 1. The maximum absolute atomic E-state index is 13.6.